The molecule has 0 aliphatic carbocycles. The van der Waals surface area contributed by atoms with Crippen LogP contribution in [0.3, 0.4) is 0 Å². The van der Waals surface area contributed by atoms with Gasteiger partial charge in [0.1, 0.15) is 0 Å². The molecule has 0 aromatic heterocycles. The van der Waals surface area contributed by atoms with Crippen LogP contribution < -0.4 is 0 Å². The van der Waals surface area contributed by atoms with Gasteiger partial charge in [0, 0.05) is 0 Å². The monoisotopic (exact) mass is 176 g/mol. The number of hydrogen-bond donors (Lipinski definition) is 0. The average molecular weight is 176 g/mol. The zero-order chi connectivity index (χ0) is 10.1. The average Bonchev–Trinajstić information content (AvgIpc) is 2.04. The lowest BCUT2D eigenvalue weighted by molar-refractivity contribution is 1.26. The van der Waals surface area contributed by atoms with Crippen LogP contribution in [0.25, 0.3) is 0 Å². The molecule has 0 fully saturated rings. The zero-order valence-electron chi connectivity index (χ0n) is 9.17. The van der Waals surface area contributed by atoms with Gasteiger partial charge in [-0.05, 0) is 34.1 Å². The van der Waals surface area contributed by atoms with E-state index < -0.39 is 0 Å². The fourth-order valence-corrected chi connectivity index (χ4v) is 0.867. The van der Waals surface area contributed by atoms with Gasteiger partial charge in [0.05, 0.1) is 0 Å². The van der Waals surface area contributed by atoms with Gasteiger partial charge in [-0.2, -0.15) is 0 Å². The van der Waals surface area contributed by atoms with E-state index >= 15 is 0 Å². The van der Waals surface area contributed by atoms with Crippen LogP contribution in [-0.4, -0.2) is 0 Å². The predicted octanol–water partition coefficient (Wildman–Crippen LogP) is 4.42. The van der Waals surface area contributed by atoms with E-state index in [1.165, 1.54) is 11.1 Å². The van der Waals surface area contributed by atoms with Gasteiger partial charge in [-0.15, -0.1) is 0 Å². The summed E-state index contributed by atoms with van der Waals surface area (Å²) in [5, 5.41) is 0. The predicted molar refractivity (Wildman–Crippen MR) is 61.8 cm³/mol. The summed E-state index contributed by atoms with van der Waals surface area (Å²) in [5.41, 5.74) is 2.69. The standard InChI is InChI=1S/C13H20/c1-5-6-7-10-13(4)11-8-9-12(2)3/h5-7,9-11H,8H2,1-4H3/b6-5+,10-7+,13-11+. The summed E-state index contributed by atoms with van der Waals surface area (Å²) in [7, 11) is 0. The van der Waals surface area contributed by atoms with Gasteiger partial charge in [0.2, 0.25) is 0 Å². The molecule has 13 heavy (non-hydrogen) atoms. The third kappa shape index (κ3) is 8.87. The van der Waals surface area contributed by atoms with Gasteiger partial charge in [0.25, 0.3) is 0 Å². The highest BCUT2D eigenvalue weighted by Crippen LogP contribution is 2.00. The van der Waals surface area contributed by atoms with Crippen molar-refractivity contribution >= 4 is 0 Å². The Morgan fingerprint density at radius 3 is 2.23 bits per heavy atom. The molecule has 0 nitrogen and oxygen atoms in total. The van der Waals surface area contributed by atoms with Crippen molar-refractivity contribution in [2.45, 2.75) is 34.1 Å². The van der Waals surface area contributed by atoms with Gasteiger partial charge in [-0.1, -0.05) is 47.6 Å². The Morgan fingerprint density at radius 2 is 1.69 bits per heavy atom. The minimum absolute atomic E-state index is 1.04. The Hall–Kier alpha value is -1.04. The topological polar surface area (TPSA) is 0 Å². The molecule has 0 radical (unpaired) electrons. The maximum Gasteiger partial charge on any atom is -0.0161 e. The van der Waals surface area contributed by atoms with Crippen molar-refractivity contribution in [3.63, 3.8) is 0 Å². The number of rotatable bonds is 4. The Labute approximate surface area is 82.4 Å². The molecule has 0 aliphatic rings. The molecule has 0 saturated heterocycles. The molecule has 72 valence electrons. The van der Waals surface area contributed by atoms with Crippen molar-refractivity contribution < 1.29 is 0 Å². The number of hydrogen-bond acceptors (Lipinski definition) is 0. The molecule has 0 bridgehead atoms. The number of allylic oxidation sites excluding steroid dienone is 8. The van der Waals surface area contributed by atoms with Crippen LogP contribution >= 0.6 is 0 Å². The highest BCUT2D eigenvalue weighted by atomic mass is 13.9. The van der Waals surface area contributed by atoms with Crippen LogP contribution in [0.5, 0.6) is 0 Å². The SMILES string of the molecule is C/C=C/C=C/C(C)=C/CC=C(C)C. The second kappa shape index (κ2) is 7.60. The first-order valence-electron chi connectivity index (χ1n) is 4.76. The Bertz CT molecular complexity index is 233. The minimum atomic E-state index is 1.04. The molecule has 0 aliphatic heterocycles. The molecule has 0 heterocycles. The summed E-state index contributed by atoms with van der Waals surface area (Å²) < 4.78 is 0. The van der Waals surface area contributed by atoms with Gasteiger partial charge in [0.15, 0.2) is 0 Å². The van der Waals surface area contributed by atoms with E-state index in [4.69, 9.17) is 0 Å². The van der Waals surface area contributed by atoms with Crippen LogP contribution in [0.15, 0.2) is 47.6 Å². The van der Waals surface area contributed by atoms with E-state index in [1.807, 2.05) is 19.1 Å². The van der Waals surface area contributed by atoms with E-state index in [0.29, 0.717) is 0 Å². The summed E-state index contributed by atoms with van der Waals surface area (Å²) >= 11 is 0. The summed E-state index contributed by atoms with van der Waals surface area (Å²) in [6.07, 6.45) is 13.7. The zero-order valence-corrected chi connectivity index (χ0v) is 9.17. The van der Waals surface area contributed by atoms with Crippen LogP contribution in [-0.2, 0) is 0 Å². The first-order chi connectivity index (χ1) is 6.16. The molecule has 0 aromatic carbocycles. The van der Waals surface area contributed by atoms with Crippen molar-refractivity contribution in [3.05, 3.63) is 47.6 Å². The Balaban J connectivity index is 3.96. The van der Waals surface area contributed by atoms with Crippen LogP contribution in [0.4, 0.5) is 0 Å². The molecular formula is C13H20. The molecular weight excluding hydrogens is 156 g/mol. The summed E-state index contributed by atoms with van der Waals surface area (Å²) in [5.74, 6) is 0. The molecule has 0 saturated carbocycles. The first kappa shape index (κ1) is 12.0. The Morgan fingerprint density at radius 1 is 1.00 bits per heavy atom. The van der Waals surface area contributed by atoms with E-state index in [9.17, 15) is 0 Å². The molecule has 0 rings (SSSR count). The molecule has 0 aromatic rings. The lowest BCUT2D eigenvalue weighted by Gasteiger charge is -1.90. The Kier molecular flexibility index (Phi) is 6.99. The van der Waals surface area contributed by atoms with Crippen molar-refractivity contribution in [1.82, 2.24) is 0 Å². The molecule has 0 atom stereocenters. The van der Waals surface area contributed by atoms with Crippen molar-refractivity contribution in [3.8, 4) is 0 Å². The third-order valence-corrected chi connectivity index (χ3v) is 1.63. The molecule has 0 amide bonds. The highest BCUT2D eigenvalue weighted by Gasteiger charge is 1.79. The van der Waals surface area contributed by atoms with Crippen molar-refractivity contribution in [1.29, 1.82) is 0 Å². The maximum atomic E-state index is 2.23. The smallest absolute Gasteiger partial charge is 0.0161 e. The van der Waals surface area contributed by atoms with Gasteiger partial charge < -0.3 is 0 Å². The van der Waals surface area contributed by atoms with E-state index in [1.54, 1.807) is 0 Å². The summed E-state index contributed by atoms with van der Waals surface area (Å²) in [6.45, 7) is 8.39. The van der Waals surface area contributed by atoms with Crippen molar-refractivity contribution in [2.24, 2.45) is 0 Å². The summed E-state index contributed by atoms with van der Waals surface area (Å²) in [4.78, 5) is 0. The fourth-order valence-electron chi connectivity index (χ4n) is 0.867. The lowest BCUT2D eigenvalue weighted by Crippen LogP contribution is -1.69. The van der Waals surface area contributed by atoms with E-state index in [0.717, 1.165) is 6.42 Å². The van der Waals surface area contributed by atoms with Crippen LogP contribution in [0.2, 0.25) is 0 Å². The first-order valence-corrected chi connectivity index (χ1v) is 4.76. The van der Waals surface area contributed by atoms with Gasteiger partial charge >= 0.3 is 0 Å². The maximum absolute atomic E-state index is 2.23. The largest absolute Gasteiger partial charge is 0.0877 e. The second-order valence-corrected chi connectivity index (χ2v) is 3.35. The second-order valence-electron chi connectivity index (χ2n) is 3.35. The van der Waals surface area contributed by atoms with Crippen molar-refractivity contribution in [2.75, 3.05) is 0 Å². The van der Waals surface area contributed by atoms with E-state index in [-0.39, 0.29) is 0 Å². The van der Waals surface area contributed by atoms with Gasteiger partial charge in [-0.3, -0.25) is 0 Å². The van der Waals surface area contributed by atoms with Crippen LogP contribution in [0, 0.1) is 0 Å². The van der Waals surface area contributed by atoms with E-state index in [2.05, 4.69) is 45.1 Å². The fraction of sp³-hybridized carbons (Fsp3) is 0.385. The lowest BCUT2D eigenvalue weighted by atomic mass is 10.2. The minimum Gasteiger partial charge on any atom is -0.0877 e. The molecule has 0 spiro atoms. The quantitative estimate of drug-likeness (QED) is 0.439. The van der Waals surface area contributed by atoms with Gasteiger partial charge in [-0.25, -0.2) is 0 Å². The van der Waals surface area contributed by atoms with Crippen LogP contribution in [0.1, 0.15) is 34.1 Å². The third-order valence-electron chi connectivity index (χ3n) is 1.63. The molecule has 0 unspecified atom stereocenters. The molecule has 0 heteroatoms. The highest BCUT2D eigenvalue weighted by molar-refractivity contribution is 5.20. The normalized spacial score (nSPS) is 12.8. The molecule has 0 N–H and O–H groups in total. The summed E-state index contributed by atoms with van der Waals surface area (Å²) in [6, 6.07) is 0.